The van der Waals surface area contributed by atoms with Crippen molar-refractivity contribution in [2.24, 2.45) is 4.40 Å². The molecule has 5 nitrogen and oxygen atoms in total. The van der Waals surface area contributed by atoms with Crippen LogP contribution in [0.3, 0.4) is 0 Å². The van der Waals surface area contributed by atoms with Crippen LogP contribution in [0.5, 0.6) is 0 Å². The second-order valence-electron chi connectivity index (χ2n) is 4.88. The Morgan fingerprint density at radius 2 is 1.89 bits per heavy atom. The number of para-hydroxylation sites is 1. The molecule has 1 N–H and O–H groups in total. The maximum Gasteiger partial charge on any atom is 0.305 e. The fraction of sp³-hybridized carbons (Fsp3) is 0.462. The molecule has 1 aliphatic heterocycles. The van der Waals surface area contributed by atoms with Gasteiger partial charge in [0.2, 0.25) is 0 Å². The fourth-order valence-corrected chi connectivity index (χ4v) is 4.08. The van der Waals surface area contributed by atoms with Crippen LogP contribution in [0, 0.1) is 0 Å². The third kappa shape index (κ3) is 2.58. The third-order valence-electron chi connectivity index (χ3n) is 3.52. The number of hydrogen-bond acceptors (Lipinski definition) is 4. The van der Waals surface area contributed by atoms with E-state index >= 15 is 0 Å². The van der Waals surface area contributed by atoms with Gasteiger partial charge in [0.1, 0.15) is 11.4 Å². The van der Waals surface area contributed by atoms with Crippen molar-refractivity contribution in [3.8, 4) is 0 Å². The molecule has 0 aromatic heterocycles. The number of fused-ring (bicyclic) bond motifs is 1. The van der Waals surface area contributed by atoms with Crippen molar-refractivity contribution >= 4 is 21.7 Å². The van der Waals surface area contributed by atoms with Crippen LogP contribution in [-0.4, -0.2) is 25.8 Å². The number of amidine groups is 1. The summed E-state index contributed by atoms with van der Waals surface area (Å²) in [6, 6.07) is 9.39. The van der Waals surface area contributed by atoms with Crippen LogP contribution in [0.4, 0.5) is 5.69 Å². The molecule has 2 aliphatic rings. The second kappa shape index (κ2) is 4.85. The van der Waals surface area contributed by atoms with E-state index in [1.807, 2.05) is 30.3 Å². The van der Waals surface area contributed by atoms with Crippen molar-refractivity contribution in [3.05, 3.63) is 30.3 Å². The summed E-state index contributed by atoms with van der Waals surface area (Å²) < 4.78 is 33.7. The van der Waals surface area contributed by atoms with Crippen molar-refractivity contribution in [3.63, 3.8) is 0 Å². The van der Waals surface area contributed by atoms with Crippen molar-refractivity contribution in [1.29, 1.82) is 0 Å². The molecule has 0 bridgehead atoms. The molecule has 0 spiro atoms. The lowest BCUT2D eigenvalue weighted by Gasteiger charge is -2.33. The van der Waals surface area contributed by atoms with Crippen molar-refractivity contribution in [1.82, 2.24) is 0 Å². The average Bonchev–Trinajstić information content (AvgIpc) is 2.39. The number of nitrogens with one attached hydrogen (secondary N) is 1. The zero-order chi connectivity index (χ0) is 13.3. The summed E-state index contributed by atoms with van der Waals surface area (Å²) in [5.74, 6) is 0. The zero-order valence-electron chi connectivity index (χ0n) is 10.5. The van der Waals surface area contributed by atoms with Gasteiger partial charge in [-0.3, -0.25) is 0 Å². The summed E-state index contributed by atoms with van der Waals surface area (Å²) in [5, 5.41) is 2.45. The van der Waals surface area contributed by atoms with Gasteiger partial charge in [0.05, 0.1) is 0 Å². The molecule has 1 fully saturated rings. The van der Waals surface area contributed by atoms with Gasteiger partial charge < -0.3 is 10.1 Å². The Bertz CT molecular complexity index is 583. The lowest BCUT2D eigenvalue weighted by atomic mass is 9.97. The predicted octanol–water partition coefficient (Wildman–Crippen LogP) is 2.13. The van der Waals surface area contributed by atoms with E-state index in [2.05, 4.69) is 9.71 Å². The Labute approximate surface area is 112 Å². The molecule has 1 heterocycles. The van der Waals surface area contributed by atoms with Crippen LogP contribution in [0.25, 0.3) is 0 Å². The molecule has 2 atom stereocenters. The van der Waals surface area contributed by atoms with E-state index in [1.165, 1.54) is 0 Å². The monoisotopic (exact) mass is 280 g/mol. The fourth-order valence-electron chi connectivity index (χ4n) is 2.58. The summed E-state index contributed by atoms with van der Waals surface area (Å²) >= 11 is 0. The molecular weight excluding hydrogens is 264 g/mol. The van der Waals surface area contributed by atoms with Crippen LogP contribution in [-0.2, 0) is 14.8 Å². The summed E-state index contributed by atoms with van der Waals surface area (Å²) in [6.45, 7) is 0. The Balaban J connectivity index is 1.85. The minimum atomic E-state index is -3.45. The molecule has 0 unspecified atom stereocenters. The van der Waals surface area contributed by atoms with Crippen LogP contribution >= 0.6 is 0 Å². The second-order valence-corrected chi connectivity index (χ2v) is 6.70. The Morgan fingerprint density at radius 1 is 1.16 bits per heavy atom. The van der Waals surface area contributed by atoms with Gasteiger partial charge in [0.25, 0.3) is 10.0 Å². The van der Waals surface area contributed by atoms with Gasteiger partial charge in [-0.25, -0.2) is 8.42 Å². The van der Waals surface area contributed by atoms with E-state index in [0.29, 0.717) is 6.42 Å². The zero-order valence-corrected chi connectivity index (χ0v) is 11.3. The summed E-state index contributed by atoms with van der Waals surface area (Å²) in [4.78, 5) is 0. The largest absolute Gasteiger partial charge is 0.460 e. The number of hydrogen-bond donors (Lipinski definition) is 1. The minimum absolute atomic E-state index is 0.0920. The highest BCUT2D eigenvalue weighted by Gasteiger charge is 2.41. The maximum atomic E-state index is 12.1. The lowest BCUT2D eigenvalue weighted by molar-refractivity contribution is 0.140. The molecule has 1 aliphatic carbocycles. The van der Waals surface area contributed by atoms with Gasteiger partial charge in [0, 0.05) is 5.69 Å². The van der Waals surface area contributed by atoms with Gasteiger partial charge >= 0.3 is 6.02 Å². The average molecular weight is 280 g/mol. The van der Waals surface area contributed by atoms with Gasteiger partial charge in [-0.1, -0.05) is 24.6 Å². The van der Waals surface area contributed by atoms with Crippen molar-refractivity contribution in [2.45, 2.75) is 37.0 Å². The molecule has 1 aromatic rings. The molecule has 19 heavy (non-hydrogen) atoms. The first-order valence-electron chi connectivity index (χ1n) is 6.48. The highest BCUT2D eigenvalue weighted by atomic mass is 32.2. The van der Waals surface area contributed by atoms with Crippen LogP contribution in [0.1, 0.15) is 25.7 Å². The Hall–Kier alpha value is -1.56. The number of rotatable bonds is 1. The number of nitrogens with zero attached hydrogens (tertiary/aromatic N) is 1. The molecule has 6 heteroatoms. The normalized spacial score (nSPS) is 28.7. The first kappa shape index (κ1) is 12.5. The smallest absolute Gasteiger partial charge is 0.305 e. The van der Waals surface area contributed by atoms with Gasteiger partial charge in [0.15, 0.2) is 0 Å². The highest BCUT2D eigenvalue weighted by Crippen LogP contribution is 2.31. The third-order valence-corrected chi connectivity index (χ3v) is 5.25. The van der Waals surface area contributed by atoms with E-state index in [-0.39, 0.29) is 12.1 Å². The molecule has 0 saturated heterocycles. The molecule has 0 amide bonds. The van der Waals surface area contributed by atoms with E-state index in [0.717, 1.165) is 24.9 Å². The van der Waals surface area contributed by atoms with Crippen LogP contribution in [0.2, 0.25) is 0 Å². The first-order chi connectivity index (χ1) is 9.15. The van der Waals surface area contributed by atoms with Crippen molar-refractivity contribution < 1.29 is 13.2 Å². The Morgan fingerprint density at radius 3 is 2.68 bits per heavy atom. The number of anilines is 1. The van der Waals surface area contributed by atoms with Crippen molar-refractivity contribution in [2.75, 3.05) is 5.32 Å². The quantitative estimate of drug-likeness (QED) is 0.855. The van der Waals surface area contributed by atoms with Crippen LogP contribution < -0.4 is 5.32 Å². The summed E-state index contributed by atoms with van der Waals surface area (Å²) in [5.41, 5.74) is 0.769. The SMILES string of the molecule is O=S1(=O)N=C(Nc2ccccc2)O[C@H]2CCCC[C@H]21. The molecule has 3 rings (SSSR count). The van der Waals surface area contributed by atoms with E-state index in [1.54, 1.807) is 0 Å². The molecule has 1 aromatic carbocycles. The Kier molecular flexibility index (Phi) is 3.18. The van der Waals surface area contributed by atoms with Gasteiger partial charge in [-0.2, -0.15) is 0 Å². The summed E-state index contributed by atoms with van der Waals surface area (Å²) in [7, 11) is -3.45. The molecule has 0 radical (unpaired) electrons. The molecule has 102 valence electrons. The lowest BCUT2D eigenvalue weighted by Crippen LogP contribution is -2.44. The molecule has 1 saturated carbocycles. The maximum absolute atomic E-state index is 12.1. The van der Waals surface area contributed by atoms with E-state index < -0.39 is 15.3 Å². The standard InChI is InChI=1S/C13H16N2O3S/c16-19(17)12-9-5-4-8-11(12)18-13(15-19)14-10-6-2-1-3-7-10/h1-3,6-7,11-12H,4-5,8-9H2,(H,14,15)/t11-,12+/m0/s1. The minimum Gasteiger partial charge on any atom is -0.460 e. The van der Waals surface area contributed by atoms with Crippen LogP contribution in [0.15, 0.2) is 34.7 Å². The summed E-state index contributed by atoms with van der Waals surface area (Å²) in [6.07, 6.45) is 3.10. The van der Waals surface area contributed by atoms with Gasteiger partial charge in [-0.15, -0.1) is 4.40 Å². The highest BCUT2D eigenvalue weighted by molar-refractivity contribution is 7.91. The first-order valence-corrected chi connectivity index (χ1v) is 7.98. The van der Waals surface area contributed by atoms with E-state index in [4.69, 9.17) is 4.74 Å². The topological polar surface area (TPSA) is 67.8 Å². The predicted molar refractivity (Wildman–Crippen MR) is 73.5 cm³/mol. The number of benzene rings is 1. The van der Waals surface area contributed by atoms with Gasteiger partial charge in [-0.05, 0) is 31.4 Å². The molecular formula is C13H16N2O3S. The number of ether oxygens (including phenoxy) is 1. The van der Waals surface area contributed by atoms with E-state index in [9.17, 15) is 8.42 Å². The number of sulfonamides is 1.